The van der Waals surface area contributed by atoms with Crippen molar-refractivity contribution in [3.8, 4) is 0 Å². The molecule has 0 aliphatic heterocycles. The molecular formula is C10H15NOS. The van der Waals surface area contributed by atoms with Crippen LogP contribution >= 0.6 is 11.3 Å². The first-order valence-electron chi connectivity index (χ1n) is 4.31. The van der Waals surface area contributed by atoms with Crippen LogP contribution in [0.1, 0.15) is 17.9 Å². The Morgan fingerprint density at radius 3 is 3.08 bits per heavy atom. The summed E-state index contributed by atoms with van der Waals surface area (Å²) in [7, 11) is 0. The largest absolute Gasteiger partial charge is 0.386 e. The van der Waals surface area contributed by atoms with E-state index in [0.29, 0.717) is 6.54 Å². The lowest BCUT2D eigenvalue weighted by molar-refractivity contribution is 0.176. The van der Waals surface area contributed by atoms with E-state index in [9.17, 15) is 5.11 Å². The third-order valence-electron chi connectivity index (χ3n) is 1.86. The molecule has 0 saturated heterocycles. The summed E-state index contributed by atoms with van der Waals surface area (Å²) in [5, 5.41) is 14.8. The minimum atomic E-state index is -0.401. The molecule has 1 aromatic rings. The molecule has 0 aliphatic rings. The average molecular weight is 197 g/mol. The van der Waals surface area contributed by atoms with Gasteiger partial charge in [0.2, 0.25) is 0 Å². The predicted octanol–water partition coefficient (Wildman–Crippen LogP) is 1.95. The fourth-order valence-corrected chi connectivity index (χ4v) is 1.67. The monoisotopic (exact) mass is 197 g/mol. The van der Waals surface area contributed by atoms with Gasteiger partial charge in [-0.1, -0.05) is 12.1 Å². The van der Waals surface area contributed by atoms with Gasteiger partial charge in [0, 0.05) is 17.5 Å². The Bertz CT molecular complexity index is 245. The van der Waals surface area contributed by atoms with Crippen molar-refractivity contribution in [1.82, 2.24) is 5.32 Å². The second-order valence-corrected chi connectivity index (χ2v) is 3.94. The third kappa shape index (κ3) is 3.30. The van der Waals surface area contributed by atoms with Crippen LogP contribution in [0, 0.1) is 0 Å². The van der Waals surface area contributed by atoms with Gasteiger partial charge >= 0.3 is 0 Å². The molecule has 0 fully saturated rings. The van der Waals surface area contributed by atoms with Crippen LogP contribution in [0.3, 0.4) is 0 Å². The molecule has 3 heteroatoms. The quantitative estimate of drug-likeness (QED) is 0.707. The van der Waals surface area contributed by atoms with E-state index in [-0.39, 0.29) is 6.04 Å². The highest BCUT2D eigenvalue weighted by Crippen LogP contribution is 2.17. The molecule has 1 aromatic heterocycles. The number of rotatable bonds is 5. The summed E-state index contributed by atoms with van der Waals surface area (Å²) in [5.74, 6) is 0. The standard InChI is InChI=1S/C10H15NOS/c1-3-8(2)11-7-9(12)10-5-4-6-13-10/h3-6,8-9,11-12H,1,7H2,2H3. The van der Waals surface area contributed by atoms with Crippen LogP contribution in [-0.2, 0) is 0 Å². The second-order valence-electron chi connectivity index (χ2n) is 2.96. The lowest BCUT2D eigenvalue weighted by Crippen LogP contribution is -2.28. The summed E-state index contributed by atoms with van der Waals surface area (Å²) in [6, 6.07) is 4.13. The van der Waals surface area contributed by atoms with E-state index in [0.717, 1.165) is 4.88 Å². The van der Waals surface area contributed by atoms with Gasteiger partial charge in [-0.25, -0.2) is 0 Å². The smallest absolute Gasteiger partial charge is 0.101 e. The Morgan fingerprint density at radius 1 is 1.77 bits per heavy atom. The molecule has 2 unspecified atom stereocenters. The zero-order chi connectivity index (χ0) is 9.68. The molecule has 0 radical (unpaired) electrons. The molecule has 0 aliphatic carbocycles. The molecule has 72 valence electrons. The highest BCUT2D eigenvalue weighted by Gasteiger charge is 2.08. The molecule has 1 rings (SSSR count). The second kappa shape index (κ2) is 5.17. The molecule has 0 amide bonds. The Hall–Kier alpha value is -0.640. The summed E-state index contributed by atoms with van der Waals surface area (Å²) in [6.07, 6.45) is 1.42. The summed E-state index contributed by atoms with van der Waals surface area (Å²) in [6.45, 7) is 6.24. The Labute approximate surface area is 82.9 Å². The first-order chi connectivity index (χ1) is 6.24. The molecule has 1 heterocycles. The maximum atomic E-state index is 9.67. The molecule has 0 spiro atoms. The van der Waals surface area contributed by atoms with Crippen LogP contribution < -0.4 is 5.32 Å². The van der Waals surface area contributed by atoms with E-state index in [1.807, 2.05) is 30.5 Å². The van der Waals surface area contributed by atoms with Gasteiger partial charge in [0.25, 0.3) is 0 Å². The highest BCUT2D eigenvalue weighted by atomic mass is 32.1. The average Bonchev–Trinajstić information content (AvgIpc) is 2.66. The number of hydrogen-bond donors (Lipinski definition) is 2. The molecule has 0 aromatic carbocycles. The van der Waals surface area contributed by atoms with Crippen LogP contribution in [0.4, 0.5) is 0 Å². The van der Waals surface area contributed by atoms with Crippen molar-refractivity contribution in [1.29, 1.82) is 0 Å². The van der Waals surface area contributed by atoms with Gasteiger partial charge in [-0.2, -0.15) is 0 Å². The van der Waals surface area contributed by atoms with Crippen molar-refractivity contribution in [2.45, 2.75) is 19.1 Å². The lowest BCUT2D eigenvalue weighted by Gasteiger charge is -2.12. The van der Waals surface area contributed by atoms with Crippen molar-refractivity contribution < 1.29 is 5.11 Å². The zero-order valence-corrected chi connectivity index (χ0v) is 8.55. The summed E-state index contributed by atoms with van der Waals surface area (Å²) in [4.78, 5) is 1.00. The Kier molecular flexibility index (Phi) is 4.15. The first-order valence-corrected chi connectivity index (χ1v) is 5.19. The van der Waals surface area contributed by atoms with Crippen molar-refractivity contribution in [2.75, 3.05) is 6.54 Å². The van der Waals surface area contributed by atoms with Crippen molar-refractivity contribution >= 4 is 11.3 Å². The number of thiophene rings is 1. The van der Waals surface area contributed by atoms with E-state index in [2.05, 4.69) is 11.9 Å². The fourth-order valence-electron chi connectivity index (χ4n) is 0.962. The third-order valence-corrected chi connectivity index (χ3v) is 2.83. The molecule has 0 bridgehead atoms. The van der Waals surface area contributed by atoms with Gasteiger partial charge in [0.1, 0.15) is 6.10 Å². The van der Waals surface area contributed by atoms with Gasteiger partial charge in [-0.15, -0.1) is 17.9 Å². The van der Waals surface area contributed by atoms with E-state index in [1.54, 1.807) is 11.3 Å². The van der Waals surface area contributed by atoms with Crippen LogP contribution in [0.2, 0.25) is 0 Å². The topological polar surface area (TPSA) is 32.3 Å². The number of aliphatic hydroxyl groups excluding tert-OH is 1. The number of hydrogen-bond acceptors (Lipinski definition) is 3. The van der Waals surface area contributed by atoms with E-state index in [1.165, 1.54) is 0 Å². The summed E-state index contributed by atoms with van der Waals surface area (Å²) in [5.41, 5.74) is 0. The van der Waals surface area contributed by atoms with Crippen LogP contribution in [0.15, 0.2) is 30.2 Å². The minimum absolute atomic E-state index is 0.245. The Morgan fingerprint density at radius 2 is 2.54 bits per heavy atom. The predicted molar refractivity (Wildman–Crippen MR) is 56.9 cm³/mol. The van der Waals surface area contributed by atoms with E-state index in [4.69, 9.17) is 0 Å². The van der Waals surface area contributed by atoms with E-state index < -0.39 is 6.10 Å². The van der Waals surface area contributed by atoms with Crippen molar-refractivity contribution in [3.63, 3.8) is 0 Å². The molecule has 2 atom stereocenters. The highest BCUT2D eigenvalue weighted by molar-refractivity contribution is 7.10. The van der Waals surface area contributed by atoms with Gasteiger partial charge in [0.05, 0.1) is 0 Å². The number of aliphatic hydroxyl groups is 1. The van der Waals surface area contributed by atoms with Crippen molar-refractivity contribution in [3.05, 3.63) is 35.0 Å². The fraction of sp³-hybridized carbons (Fsp3) is 0.400. The van der Waals surface area contributed by atoms with Gasteiger partial charge < -0.3 is 10.4 Å². The van der Waals surface area contributed by atoms with E-state index >= 15 is 0 Å². The summed E-state index contributed by atoms with van der Waals surface area (Å²) >= 11 is 1.57. The van der Waals surface area contributed by atoms with Gasteiger partial charge in [-0.3, -0.25) is 0 Å². The zero-order valence-electron chi connectivity index (χ0n) is 7.73. The molecule has 0 saturated carbocycles. The maximum absolute atomic E-state index is 9.67. The normalized spacial score (nSPS) is 15.2. The molecule has 2 nitrogen and oxygen atoms in total. The van der Waals surface area contributed by atoms with Gasteiger partial charge in [-0.05, 0) is 18.4 Å². The van der Waals surface area contributed by atoms with Gasteiger partial charge in [0.15, 0.2) is 0 Å². The molecule has 13 heavy (non-hydrogen) atoms. The number of nitrogens with one attached hydrogen (secondary N) is 1. The maximum Gasteiger partial charge on any atom is 0.101 e. The summed E-state index contributed by atoms with van der Waals surface area (Å²) < 4.78 is 0. The van der Waals surface area contributed by atoms with Crippen LogP contribution in [0.25, 0.3) is 0 Å². The van der Waals surface area contributed by atoms with Crippen LogP contribution in [-0.4, -0.2) is 17.7 Å². The minimum Gasteiger partial charge on any atom is -0.386 e. The molecule has 2 N–H and O–H groups in total. The Balaban J connectivity index is 2.34. The first kappa shape index (κ1) is 10.4. The SMILES string of the molecule is C=CC(C)NCC(O)c1cccs1. The lowest BCUT2D eigenvalue weighted by atomic mass is 10.2. The molecular weight excluding hydrogens is 182 g/mol. The van der Waals surface area contributed by atoms with Crippen LogP contribution in [0.5, 0.6) is 0 Å². The van der Waals surface area contributed by atoms with Crippen molar-refractivity contribution in [2.24, 2.45) is 0 Å².